The molecular weight excluding hydrogens is 365 g/mol. The van der Waals surface area contributed by atoms with E-state index < -0.39 is 10.7 Å². The van der Waals surface area contributed by atoms with Crippen LogP contribution < -0.4 is 4.74 Å². The molecule has 2 rings (SSSR count). The van der Waals surface area contributed by atoms with Crippen LogP contribution in [0.5, 0.6) is 5.75 Å². The first-order chi connectivity index (χ1) is 10.0. The Morgan fingerprint density at radius 2 is 2.05 bits per heavy atom. The first-order valence-corrected chi connectivity index (χ1v) is 7.24. The predicted octanol–water partition coefficient (Wildman–Crippen LogP) is 4.81. The van der Waals surface area contributed by atoms with Crippen molar-refractivity contribution in [1.82, 2.24) is 0 Å². The van der Waals surface area contributed by atoms with E-state index in [1.165, 1.54) is 18.2 Å². The van der Waals surface area contributed by atoms with Crippen molar-refractivity contribution in [1.29, 1.82) is 0 Å². The zero-order chi connectivity index (χ0) is 15.4. The van der Waals surface area contributed by atoms with Crippen LogP contribution in [0.25, 0.3) is 0 Å². The van der Waals surface area contributed by atoms with E-state index in [9.17, 15) is 14.5 Å². The second-order valence-electron chi connectivity index (χ2n) is 4.22. The summed E-state index contributed by atoms with van der Waals surface area (Å²) in [6, 6.07) is 8.98. The fourth-order valence-corrected chi connectivity index (χ4v) is 2.24. The van der Waals surface area contributed by atoms with Crippen molar-refractivity contribution in [3.05, 3.63) is 67.9 Å². The average molecular weight is 375 g/mol. The van der Waals surface area contributed by atoms with Gasteiger partial charge in [-0.25, -0.2) is 4.39 Å². The molecule has 0 aliphatic heterocycles. The van der Waals surface area contributed by atoms with Crippen LogP contribution in [0.4, 0.5) is 10.1 Å². The summed E-state index contributed by atoms with van der Waals surface area (Å²) < 4.78 is 19.6. The second kappa shape index (κ2) is 6.87. The molecule has 0 bridgehead atoms. The minimum Gasteiger partial charge on any atom is -0.486 e. The van der Waals surface area contributed by atoms with Crippen LogP contribution in [-0.4, -0.2) is 4.92 Å². The van der Waals surface area contributed by atoms with Gasteiger partial charge in [0.05, 0.1) is 10.5 Å². The molecule has 0 aliphatic rings. The lowest BCUT2D eigenvalue weighted by Crippen LogP contribution is -2.02. The number of hydrogen-bond acceptors (Lipinski definition) is 3. The monoisotopic (exact) mass is 373 g/mol. The van der Waals surface area contributed by atoms with E-state index in [1.54, 1.807) is 18.2 Å². The number of alkyl halides is 1. The fraction of sp³-hybridized carbons (Fsp3) is 0.143. The van der Waals surface area contributed by atoms with E-state index >= 15 is 0 Å². The molecule has 0 spiro atoms. The van der Waals surface area contributed by atoms with Crippen molar-refractivity contribution < 1.29 is 14.1 Å². The van der Waals surface area contributed by atoms with Crippen molar-refractivity contribution in [2.45, 2.75) is 12.5 Å². The van der Waals surface area contributed by atoms with Crippen molar-refractivity contribution >= 4 is 33.2 Å². The SMILES string of the molecule is O=[N+]([O-])c1cc(Br)ccc1COc1ccc(CCl)cc1F. The van der Waals surface area contributed by atoms with Crippen LogP contribution in [0.2, 0.25) is 0 Å². The first-order valence-electron chi connectivity index (χ1n) is 5.91. The molecule has 0 radical (unpaired) electrons. The smallest absolute Gasteiger partial charge is 0.277 e. The number of nitro groups is 1. The topological polar surface area (TPSA) is 52.4 Å². The molecule has 0 aliphatic carbocycles. The Bertz CT molecular complexity index is 681. The van der Waals surface area contributed by atoms with E-state index in [4.69, 9.17) is 16.3 Å². The molecule has 21 heavy (non-hydrogen) atoms. The highest BCUT2D eigenvalue weighted by atomic mass is 79.9. The van der Waals surface area contributed by atoms with Gasteiger partial charge < -0.3 is 4.74 Å². The van der Waals surface area contributed by atoms with Gasteiger partial charge in [-0.05, 0) is 29.8 Å². The third-order valence-corrected chi connectivity index (χ3v) is 3.58. The number of halogens is 3. The Hall–Kier alpha value is -1.66. The molecular formula is C14H10BrClFNO3. The predicted molar refractivity (Wildman–Crippen MR) is 81.1 cm³/mol. The Balaban J connectivity index is 2.18. The molecule has 4 nitrogen and oxygen atoms in total. The van der Waals surface area contributed by atoms with Crippen LogP contribution in [0.3, 0.4) is 0 Å². The van der Waals surface area contributed by atoms with Crippen molar-refractivity contribution in [3.8, 4) is 5.75 Å². The molecule has 0 saturated heterocycles. The van der Waals surface area contributed by atoms with Gasteiger partial charge in [0.15, 0.2) is 11.6 Å². The Kier molecular flexibility index (Phi) is 5.14. The molecule has 2 aromatic rings. The fourth-order valence-electron chi connectivity index (χ4n) is 1.73. The highest BCUT2D eigenvalue weighted by Gasteiger charge is 2.15. The number of rotatable bonds is 5. The van der Waals surface area contributed by atoms with Crippen molar-refractivity contribution in [2.24, 2.45) is 0 Å². The third-order valence-electron chi connectivity index (χ3n) is 2.78. The van der Waals surface area contributed by atoms with Crippen LogP contribution in [0.1, 0.15) is 11.1 Å². The zero-order valence-corrected chi connectivity index (χ0v) is 13.0. The minimum absolute atomic E-state index is 0.0288. The summed E-state index contributed by atoms with van der Waals surface area (Å²) in [6.07, 6.45) is 0. The molecule has 0 N–H and O–H groups in total. The maximum absolute atomic E-state index is 13.7. The summed E-state index contributed by atoms with van der Waals surface area (Å²) in [7, 11) is 0. The lowest BCUT2D eigenvalue weighted by atomic mass is 10.2. The summed E-state index contributed by atoms with van der Waals surface area (Å²) in [5, 5.41) is 11.0. The van der Waals surface area contributed by atoms with Crippen LogP contribution in [-0.2, 0) is 12.5 Å². The van der Waals surface area contributed by atoms with Gasteiger partial charge in [-0.1, -0.05) is 22.0 Å². The van der Waals surface area contributed by atoms with E-state index in [1.807, 2.05) is 0 Å². The van der Waals surface area contributed by atoms with Crippen LogP contribution >= 0.6 is 27.5 Å². The van der Waals surface area contributed by atoms with Crippen LogP contribution in [0, 0.1) is 15.9 Å². The first kappa shape index (κ1) is 15.7. The molecule has 2 aromatic carbocycles. The zero-order valence-electron chi connectivity index (χ0n) is 10.7. The number of nitro benzene ring substituents is 1. The Labute approximate surface area is 133 Å². The molecule has 0 atom stereocenters. The van der Waals surface area contributed by atoms with Crippen molar-refractivity contribution in [2.75, 3.05) is 0 Å². The molecule has 0 amide bonds. The minimum atomic E-state index is -0.548. The van der Waals surface area contributed by atoms with E-state index in [-0.39, 0.29) is 23.9 Å². The van der Waals surface area contributed by atoms with Gasteiger partial charge in [0.25, 0.3) is 5.69 Å². The largest absolute Gasteiger partial charge is 0.486 e. The highest BCUT2D eigenvalue weighted by Crippen LogP contribution is 2.26. The van der Waals surface area contributed by atoms with Gasteiger partial charge in [0.2, 0.25) is 0 Å². The maximum Gasteiger partial charge on any atom is 0.277 e. The molecule has 110 valence electrons. The van der Waals surface area contributed by atoms with Gasteiger partial charge in [0.1, 0.15) is 6.61 Å². The standard InChI is InChI=1S/C14H10BrClFNO3/c15-11-3-2-10(13(6-11)18(19)20)8-21-14-4-1-9(7-16)5-12(14)17/h1-6H,7-8H2. The summed E-state index contributed by atoms with van der Waals surface area (Å²) in [5.41, 5.74) is 0.919. The quantitative estimate of drug-likeness (QED) is 0.428. The maximum atomic E-state index is 13.7. The summed E-state index contributed by atoms with van der Waals surface area (Å²) in [5.74, 6) is -0.316. The summed E-state index contributed by atoms with van der Waals surface area (Å²) in [6.45, 7) is -0.0965. The second-order valence-corrected chi connectivity index (χ2v) is 5.40. The molecule has 0 fully saturated rings. The Morgan fingerprint density at radius 3 is 2.67 bits per heavy atom. The molecule has 0 unspecified atom stereocenters. The van der Waals surface area contributed by atoms with E-state index in [2.05, 4.69) is 15.9 Å². The molecule has 0 saturated carbocycles. The van der Waals surface area contributed by atoms with Gasteiger partial charge in [-0.15, -0.1) is 11.6 Å². The number of hydrogen-bond donors (Lipinski definition) is 0. The summed E-state index contributed by atoms with van der Waals surface area (Å²) in [4.78, 5) is 10.5. The van der Waals surface area contributed by atoms with Gasteiger partial charge in [-0.3, -0.25) is 10.1 Å². The van der Waals surface area contributed by atoms with Gasteiger partial charge >= 0.3 is 0 Å². The molecule has 0 aromatic heterocycles. The number of nitrogens with zero attached hydrogens (tertiary/aromatic N) is 1. The summed E-state index contributed by atoms with van der Waals surface area (Å²) >= 11 is 8.78. The Morgan fingerprint density at radius 1 is 1.29 bits per heavy atom. The highest BCUT2D eigenvalue weighted by molar-refractivity contribution is 9.10. The lowest BCUT2D eigenvalue weighted by Gasteiger charge is -2.09. The normalized spacial score (nSPS) is 10.4. The molecule has 0 heterocycles. The van der Waals surface area contributed by atoms with E-state index in [0.29, 0.717) is 15.6 Å². The van der Waals surface area contributed by atoms with Crippen LogP contribution in [0.15, 0.2) is 40.9 Å². The third kappa shape index (κ3) is 3.92. The number of benzene rings is 2. The van der Waals surface area contributed by atoms with E-state index in [0.717, 1.165) is 0 Å². The number of ether oxygens (including phenoxy) is 1. The lowest BCUT2D eigenvalue weighted by molar-refractivity contribution is -0.385. The van der Waals surface area contributed by atoms with Crippen molar-refractivity contribution in [3.63, 3.8) is 0 Å². The average Bonchev–Trinajstić information content (AvgIpc) is 2.46. The van der Waals surface area contributed by atoms with Gasteiger partial charge in [0, 0.05) is 16.4 Å². The van der Waals surface area contributed by atoms with Gasteiger partial charge in [-0.2, -0.15) is 0 Å². The molecule has 7 heteroatoms.